The first-order valence-corrected chi connectivity index (χ1v) is 8.73. The van der Waals surface area contributed by atoms with E-state index in [0.717, 1.165) is 12.1 Å². The van der Waals surface area contributed by atoms with Crippen LogP contribution in [0.15, 0.2) is 36.4 Å². The van der Waals surface area contributed by atoms with Gasteiger partial charge in [0, 0.05) is 12.6 Å². The average molecular weight is 474 g/mol. The summed E-state index contributed by atoms with van der Waals surface area (Å²) in [6.07, 6.45) is -0.0961. The van der Waals surface area contributed by atoms with Crippen molar-refractivity contribution in [3.05, 3.63) is 57.2 Å². The summed E-state index contributed by atoms with van der Waals surface area (Å²) >= 11 is 1.55. The highest BCUT2D eigenvalue weighted by Gasteiger charge is 2.18. The fraction of sp³-hybridized carbons (Fsp3) is 0.222. The maximum Gasteiger partial charge on any atom is 0.226 e. The summed E-state index contributed by atoms with van der Waals surface area (Å²) in [7, 11) is 1.53. The van der Waals surface area contributed by atoms with Gasteiger partial charge in [-0.25, -0.2) is 8.78 Å². The van der Waals surface area contributed by atoms with Crippen LogP contribution in [0.1, 0.15) is 24.9 Å². The van der Waals surface area contributed by atoms with Crippen LogP contribution in [0.5, 0.6) is 5.75 Å². The smallest absolute Gasteiger partial charge is 0.226 e. The van der Waals surface area contributed by atoms with Gasteiger partial charge in [-0.15, -0.1) is 0 Å². The fourth-order valence-corrected chi connectivity index (χ4v) is 2.67. The van der Waals surface area contributed by atoms with Gasteiger partial charge in [-0.3, -0.25) is 9.59 Å². The number of methoxy groups -OCH3 is 1. The van der Waals surface area contributed by atoms with E-state index < -0.39 is 23.6 Å². The summed E-state index contributed by atoms with van der Waals surface area (Å²) in [6, 6.07) is 8.40. The minimum atomic E-state index is -0.755. The van der Waals surface area contributed by atoms with Crippen LogP contribution in [-0.2, 0) is 9.59 Å². The lowest BCUT2D eigenvalue weighted by Crippen LogP contribution is -2.29. The maximum absolute atomic E-state index is 13.6. The Hall–Kier alpha value is -2.23. The molecule has 0 fully saturated rings. The Kier molecular flexibility index (Phi) is 6.90. The van der Waals surface area contributed by atoms with Crippen molar-refractivity contribution >= 4 is 40.1 Å². The lowest BCUT2D eigenvalue weighted by Gasteiger charge is -2.18. The lowest BCUT2D eigenvalue weighted by molar-refractivity contribution is -0.120. The normalized spacial score (nSPS) is 11.6. The summed E-state index contributed by atoms with van der Waals surface area (Å²) in [4.78, 5) is 23.7. The summed E-state index contributed by atoms with van der Waals surface area (Å²) in [5.74, 6) is -1.65. The highest BCUT2D eigenvalue weighted by Crippen LogP contribution is 2.23. The second kappa shape index (κ2) is 8.93. The molecule has 0 bridgehead atoms. The number of hydrogen-bond acceptors (Lipinski definition) is 3. The molecule has 0 aliphatic carbocycles. The Labute approximate surface area is 163 Å². The van der Waals surface area contributed by atoms with E-state index in [2.05, 4.69) is 10.6 Å². The molecule has 8 heteroatoms. The molecule has 1 unspecified atom stereocenters. The van der Waals surface area contributed by atoms with E-state index in [0.29, 0.717) is 11.3 Å². The molecule has 2 aromatic rings. The number of ether oxygens (including phenoxy) is 1. The first-order chi connectivity index (χ1) is 12.3. The van der Waals surface area contributed by atoms with Gasteiger partial charge < -0.3 is 15.4 Å². The minimum absolute atomic E-state index is 0.0155. The number of nitrogens with one attached hydrogen (secondary N) is 2. The van der Waals surface area contributed by atoms with Crippen LogP contribution in [-0.4, -0.2) is 18.9 Å². The van der Waals surface area contributed by atoms with E-state index in [9.17, 15) is 18.4 Å². The molecule has 2 N–H and O–H groups in total. The summed E-state index contributed by atoms with van der Waals surface area (Å²) in [6.45, 7) is 1.35. The number of amides is 2. The Bertz CT molecular complexity index is 790. The standard InChI is InChI=1S/C18H17F2IN2O3/c1-10(24)22-16(11-3-5-13(26-2)6-4-11)9-17(25)23-12-7-14(19)18(21)15(20)8-12/h3-8,16H,9H2,1-2H3,(H,22,24)(H,23,25). The van der Waals surface area contributed by atoms with E-state index in [1.54, 1.807) is 46.9 Å². The summed E-state index contributed by atoms with van der Waals surface area (Å²) in [5, 5.41) is 5.14. The van der Waals surface area contributed by atoms with Crippen molar-refractivity contribution < 1.29 is 23.1 Å². The average Bonchev–Trinajstić information content (AvgIpc) is 2.58. The number of carbonyl (C=O) groups excluding carboxylic acids is 2. The zero-order valence-electron chi connectivity index (χ0n) is 14.1. The molecule has 0 heterocycles. The molecule has 0 aliphatic heterocycles. The van der Waals surface area contributed by atoms with Crippen LogP contribution in [0.3, 0.4) is 0 Å². The fourth-order valence-electron chi connectivity index (χ4n) is 2.36. The van der Waals surface area contributed by atoms with Gasteiger partial charge in [-0.2, -0.15) is 0 Å². The second-order valence-electron chi connectivity index (χ2n) is 5.53. The summed E-state index contributed by atoms with van der Waals surface area (Å²) in [5.41, 5.74) is 0.720. The predicted octanol–water partition coefficient (Wildman–Crippen LogP) is 3.78. The van der Waals surface area contributed by atoms with E-state index in [-0.39, 0.29) is 21.6 Å². The number of carbonyl (C=O) groups is 2. The van der Waals surface area contributed by atoms with E-state index >= 15 is 0 Å². The first kappa shape index (κ1) is 20.1. The van der Waals surface area contributed by atoms with Crippen LogP contribution in [0.25, 0.3) is 0 Å². The van der Waals surface area contributed by atoms with Crippen molar-refractivity contribution in [2.75, 3.05) is 12.4 Å². The Morgan fingerprint density at radius 2 is 1.73 bits per heavy atom. The monoisotopic (exact) mass is 474 g/mol. The molecular weight excluding hydrogens is 457 g/mol. The number of benzene rings is 2. The topological polar surface area (TPSA) is 67.4 Å². The van der Waals surface area contributed by atoms with Crippen molar-refractivity contribution in [2.24, 2.45) is 0 Å². The minimum Gasteiger partial charge on any atom is -0.497 e. The molecule has 2 rings (SSSR count). The third kappa shape index (κ3) is 5.38. The third-order valence-corrected chi connectivity index (χ3v) is 4.58. The highest BCUT2D eigenvalue weighted by atomic mass is 127. The molecule has 26 heavy (non-hydrogen) atoms. The summed E-state index contributed by atoms with van der Waals surface area (Å²) < 4.78 is 32.1. The number of halogens is 3. The van der Waals surface area contributed by atoms with Crippen molar-refractivity contribution in [1.82, 2.24) is 5.32 Å². The van der Waals surface area contributed by atoms with Gasteiger partial charge >= 0.3 is 0 Å². The highest BCUT2D eigenvalue weighted by molar-refractivity contribution is 14.1. The molecule has 0 radical (unpaired) electrons. The van der Waals surface area contributed by atoms with Gasteiger partial charge in [0.15, 0.2) is 0 Å². The van der Waals surface area contributed by atoms with Gasteiger partial charge in [-0.1, -0.05) is 12.1 Å². The van der Waals surface area contributed by atoms with Crippen molar-refractivity contribution in [2.45, 2.75) is 19.4 Å². The molecule has 1 atom stereocenters. The third-order valence-electron chi connectivity index (χ3n) is 3.55. The molecule has 0 spiro atoms. The molecule has 2 aromatic carbocycles. The Morgan fingerprint density at radius 1 is 1.15 bits per heavy atom. The maximum atomic E-state index is 13.6. The number of hydrogen-bond donors (Lipinski definition) is 2. The number of rotatable bonds is 6. The van der Waals surface area contributed by atoms with Crippen LogP contribution in [0.2, 0.25) is 0 Å². The number of anilines is 1. The molecule has 5 nitrogen and oxygen atoms in total. The van der Waals surface area contributed by atoms with Crippen LogP contribution >= 0.6 is 22.6 Å². The lowest BCUT2D eigenvalue weighted by atomic mass is 10.0. The van der Waals surface area contributed by atoms with Gasteiger partial charge in [0.05, 0.1) is 23.1 Å². The van der Waals surface area contributed by atoms with Gasteiger partial charge in [0.1, 0.15) is 17.4 Å². The van der Waals surface area contributed by atoms with Crippen molar-refractivity contribution in [3.8, 4) is 5.75 Å². The Morgan fingerprint density at radius 3 is 2.23 bits per heavy atom. The van der Waals surface area contributed by atoms with E-state index in [1.807, 2.05) is 0 Å². The molecule has 0 saturated carbocycles. The van der Waals surface area contributed by atoms with Gasteiger partial charge in [0.25, 0.3) is 0 Å². The van der Waals surface area contributed by atoms with Crippen molar-refractivity contribution in [1.29, 1.82) is 0 Å². The molecule has 0 saturated heterocycles. The first-order valence-electron chi connectivity index (χ1n) is 7.65. The SMILES string of the molecule is COc1ccc(C(CC(=O)Nc2cc(F)c(I)c(F)c2)NC(C)=O)cc1. The quantitative estimate of drug-likeness (QED) is 0.495. The van der Waals surface area contributed by atoms with Gasteiger partial charge in [-0.05, 0) is 52.4 Å². The zero-order valence-corrected chi connectivity index (χ0v) is 16.3. The molecule has 0 aromatic heterocycles. The largest absolute Gasteiger partial charge is 0.497 e. The molecule has 0 aliphatic rings. The second-order valence-corrected chi connectivity index (χ2v) is 6.61. The molecular formula is C18H17F2IN2O3. The van der Waals surface area contributed by atoms with Gasteiger partial charge in [0.2, 0.25) is 11.8 Å². The van der Waals surface area contributed by atoms with E-state index in [1.165, 1.54) is 14.0 Å². The Balaban J connectivity index is 2.14. The van der Waals surface area contributed by atoms with Crippen molar-refractivity contribution in [3.63, 3.8) is 0 Å². The molecule has 138 valence electrons. The van der Waals surface area contributed by atoms with Crippen LogP contribution < -0.4 is 15.4 Å². The predicted molar refractivity (Wildman–Crippen MR) is 102 cm³/mol. The van der Waals surface area contributed by atoms with Crippen LogP contribution in [0.4, 0.5) is 14.5 Å². The molecule has 2 amide bonds. The van der Waals surface area contributed by atoms with Crippen LogP contribution in [0, 0.1) is 15.2 Å². The zero-order chi connectivity index (χ0) is 19.3. The van der Waals surface area contributed by atoms with E-state index in [4.69, 9.17) is 4.74 Å².